The Balaban J connectivity index is 2.14. The molecular formula is C11H16N2O3. The third kappa shape index (κ3) is 2.24. The van der Waals surface area contributed by atoms with E-state index in [0.717, 1.165) is 19.4 Å². The first kappa shape index (κ1) is 11.1. The Bertz CT molecular complexity index is 356. The minimum Gasteiger partial charge on any atom is -0.461 e. The lowest BCUT2D eigenvalue weighted by molar-refractivity contribution is 0.0516. The number of esters is 1. The number of hydrogen-bond donors (Lipinski definition) is 1. The summed E-state index contributed by atoms with van der Waals surface area (Å²) in [5.74, 6) is 0.205. The van der Waals surface area contributed by atoms with Gasteiger partial charge in [-0.3, -0.25) is 0 Å². The summed E-state index contributed by atoms with van der Waals surface area (Å²) in [5, 5.41) is 3.32. The van der Waals surface area contributed by atoms with Crippen molar-refractivity contribution in [1.29, 1.82) is 0 Å². The van der Waals surface area contributed by atoms with Crippen molar-refractivity contribution in [2.24, 2.45) is 0 Å². The van der Waals surface area contributed by atoms with Gasteiger partial charge in [-0.05, 0) is 26.3 Å². The van der Waals surface area contributed by atoms with Crippen molar-refractivity contribution in [3.8, 4) is 0 Å². The normalized spacial score (nSPS) is 20.7. The Kier molecular flexibility index (Phi) is 3.56. The van der Waals surface area contributed by atoms with Gasteiger partial charge >= 0.3 is 5.97 Å². The number of ether oxygens (including phenoxy) is 1. The maximum atomic E-state index is 11.6. The van der Waals surface area contributed by atoms with E-state index >= 15 is 0 Å². The van der Waals surface area contributed by atoms with Crippen LogP contribution in [0.2, 0.25) is 0 Å². The molecule has 1 aliphatic rings. The molecule has 5 nitrogen and oxygen atoms in total. The average molecular weight is 224 g/mol. The molecule has 1 atom stereocenters. The lowest BCUT2D eigenvalue weighted by Crippen LogP contribution is -2.28. The summed E-state index contributed by atoms with van der Waals surface area (Å²) in [7, 11) is 0. The fourth-order valence-corrected chi connectivity index (χ4v) is 1.93. The van der Waals surface area contributed by atoms with E-state index in [1.54, 1.807) is 6.92 Å². The van der Waals surface area contributed by atoms with Crippen molar-refractivity contribution >= 4 is 5.97 Å². The van der Waals surface area contributed by atoms with Crippen LogP contribution >= 0.6 is 0 Å². The molecule has 0 radical (unpaired) electrons. The molecular weight excluding hydrogens is 208 g/mol. The molecule has 0 aromatic carbocycles. The third-order valence-corrected chi connectivity index (χ3v) is 2.69. The highest BCUT2D eigenvalue weighted by molar-refractivity contribution is 5.88. The maximum Gasteiger partial charge on any atom is 0.360 e. The fraction of sp³-hybridized carbons (Fsp3) is 0.636. The number of nitrogens with zero attached hydrogens (tertiary/aromatic N) is 1. The molecule has 1 aliphatic heterocycles. The van der Waals surface area contributed by atoms with Gasteiger partial charge in [0.25, 0.3) is 0 Å². The van der Waals surface area contributed by atoms with Crippen LogP contribution in [0, 0.1) is 0 Å². The van der Waals surface area contributed by atoms with E-state index in [1.165, 1.54) is 12.8 Å². The van der Waals surface area contributed by atoms with Gasteiger partial charge in [-0.1, -0.05) is 6.42 Å². The fourth-order valence-electron chi connectivity index (χ4n) is 1.93. The molecule has 1 aromatic heterocycles. The first-order valence-corrected chi connectivity index (χ1v) is 5.66. The van der Waals surface area contributed by atoms with Crippen molar-refractivity contribution in [3.05, 3.63) is 17.8 Å². The Morgan fingerprint density at radius 2 is 2.56 bits per heavy atom. The number of hydrogen-bond acceptors (Lipinski definition) is 5. The van der Waals surface area contributed by atoms with Crippen LogP contribution in [0.1, 0.15) is 48.5 Å². The highest BCUT2D eigenvalue weighted by atomic mass is 16.5. The van der Waals surface area contributed by atoms with Crippen LogP contribution in [0.25, 0.3) is 0 Å². The first-order chi connectivity index (χ1) is 7.83. The van der Waals surface area contributed by atoms with E-state index in [1.807, 2.05) is 0 Å². The zero-order valence-corrected chi connectivity index (χ0v) is 9.36. The lowest BCUT2D eigenvalue weighted by Gasteiger charge is -2.21. The van der Waals surface area contributed by atoms with Crippen molar-refractivity contribution in [2.75, 3.05) is 13.2 Å². The SMILES string of the molecule is CCOC(=O)c1ncoc1C1CCCCN1. The molecule has 1 N–H and O–H groups in total. The monoisotopic (exact) mass is 224 g/mol. The zero-order valence-electron chi connectivity index (χ0n) is 9.36. The third-order valence-electron chi connectivity index (χ3n) is 2.69. The number of piperidine rings is 1. The summed E-state index contributed by atoms with van der Waals surface area (Å²) in [6.45, 7) is 3.08. The molecule has 1 saturated heterocycles. The number of carbonyl (C=O) groups is 1. The predicted molar refractivity (Wildman–Crippen MR) is 57.1 cm³/mol. The van der Waals surface area contributed by atoms with Crippen LogP contribution in [0.4, 0.5) is 0 Å². The Morgan fingerprint density at radius 1 is 1.69 bits per heavy atom. The van der Waals surface area contributed by atoms with Crippen molar-refractivity contribution in [3.63, 3.8) is 0 Å². The van der Waals surface area contributed by atoms with Crippen LogP contribution in [-0.4, -0.2) is 24.1 Å². The molecule has 88 valence electrons. The van der Waals surface area contributed by atoms with Crippen LogP contribution in [0.15, 0.2) is 10.8 Å². The van der Waals surface area contributed by atoms with Crippen molar-refractivity contribution in [1.82, 2.24) is 10.3 Å². The highest BCUT2D eigenvalue weighted by Crippen LogP contribution is 2.25. The second kappa shape index (κ2) is 5.12. The summed E-state index contributed by atoms with van der Waals surface area (Å²) >= 11 is 0. The molecule has 0 bridgehead atoms. The average Bonchev–Trinajstić information content (AvgIpc) is 2.79. The van der Waals surface area contributed by atoms with Crippen molar-refractivity contribution < 1.29 is 13.9 Å². The Morgan fingerprint density at radius 3 is 3.25 bits per heavy atom. The molecule has 1 aromatic rings. The number of rotatable bonds is 3. The van der Waals surface area contributed by atoms with Crippen molar-refractivity contribution in [2.45, 2.75) is 32.2 Å². The molecule has 1 fully saturated rings. The molecule has 0 amide bonds. The largest absolute Gasteiger partial charge is 0.461 e. The van der Waals surface area contributed by atoms with Gasteiger partial charge in [0.1, 0.15) is 0 Å². The zero-order chi connectivity index (χ0) is 11.4. The van der Waals surface area contributed by atoms with E-state index in [2.05, 4.69) is 10.3 Å². The molecule has 2 rings (SSSR count). The summed E-state index contributed by atoms with van der Waals surface area (Å²) in [4.78, 5) is 15.5. The van der Waals surface area contributed by atoms with E-state index in [9.17, 15) is 4.79 Å². The number of carbonyl (C=O) groups excluding carboxylic acids is 1. The number of aromatic nitrogens is 1. The molecule has 2 heterocycles. The molecule has 0 spiro atoms. The highest BCUT2D eigenvalue weighted by Gasteiger charge is 2.26. The van der Waals surface area contributed by atoms with Gasteiger partial charge in [0.05, 0.1) is 12.6 Å². The second-order valence-electron chi connectivity index (χ2n) is 3.79. The molecule has 5 heteroatoms. The van der Waals surface area contributed by atoms with E-state index in [-0.39, 0.29) is 6.04 Å². The Hall–Kier alpha value is -1.36. The first-order valence-electron chi connectivity index (χ1n) is 5.66. The van der Waals surface area contributed by atoms with Crippen LogP contribution in [0.5, 0.6) is 0 Å². The second-order valence-corrected chi connectivity index (χ2v) is 3.79. The van der Waals surface area contributed by atoms with Gasteiger partial charge in [-0.25, -0.2) is 9.78 Å². The molecule has 0 saturated carbocycles. The Labute approximate surface area is 94.2 Å². The number of oxazole rings is 1. The van der Waals surface area contributed by atoms with Crippen LogP contribution < -0.4 is 5.32 Å². The van der Waals surface area contributed by atoms with E-state index in [0.29, 0.717) is 18.1 Å². The summed E-state index contributed by atoms with van der Waals surface area (Å²) < 4.78 is 10.2. The quantitative estimate of drug-likeness (QED) is 0.791. The molecule has 16 heavy (non-hydrogen) atoms. The maximum absolute atomic E-state index is 11.6. The van der Waals surface area contributed by atoms with Gasteiger partial charge in [-0.2, -0.15) is 0 Å². The van der Waals surface area contributed by atoms with Gasteiger partial charge in [0.2, 0.25) is 0 Å². The van der Waals surface area contributed by atoms with Gasteiger partial charge in [0, 0.05) is 0 Å². The van der Waals surface area contributed by atoms with E-state index < -0.39 is 5.97 Å². The summed E-state index contributed by atoms with van der Waals surface area (Å²) in [6, 6.07) is 0.0932. The minimum absolute atomic E-state index is 0.0932. The van der Waals surface area contributed by atoms with Gasteiger partial charge in [-0.15, -0.1) is 0 Å². The molecule has 1 unspecified atom stereocenters. The topological polar surface area (TPSA) is 64.4 Å². The summed E-state index contributed by atoms with van der Waals surface area (Å²) in [5.41, 5.74) is 0.307. The van der Waals surface area contributed by atoms with Crippen LogP contribution in [-0.2, 0) is 4.74 Å². The standard InChI is InChI=1S/C11H16N2O3/c1-2-15-11(14)9-10(16-7-13-9)8-5-3-4-6-12-8/h7-8,12H,2-6H2,1H3. The molecule has 0 aliphatic carbocycles. The smallest absolute Gasteiger partial charge is 0.360 e. The minimum atomic E-state index is -0.404. The summed E-state index contributed by atoms with van der Waals surface area (Å²) in [6.07, 6.45) is 4.58. The predicted octanol–water partition coefficient (Wildman–Crippen LogP) is 1.67. The van der Waals surface area contributed by atoms with Gasteiger partial charge < -0.3 is 14.5 Å². The van der Waals surface area contributed by atoms with Crippen LogP contribution in [0.3, 0.4) is 0 Å². The van der Waals surface area contributed by atoms with Gasteiger partial charge in [0.15, 0.2) is 17.8 Å². The number of nitrogens with one attached hydrogen (secondary N) is 1. The lowest BCUT2D eigenvalue weighted by atomic mass is 10.0. The van der Waals surface area contributed by atoms with E-state index in [4.69, 9.17) is 9.15 Å².